The van der Waals surface area contributed by atoms with E-state index < -0.39 is 0 Å². The third-order valence-electron chi connectivity index (χ3n) is 2.42. The minimum atomic E-state index is 0.225. The Morgan fingerprint density at radius 3 is 2.56 bits per heavy atom. The molecule has 0 saturated heterocycles. The minimum absolute atomic E-state index is 0.225. The van der Waals surface area contributed by atoms with Crippen molar-refractivity contribution in [2.45, 2.75) is 19.8 Å². The third-order valence-corrected chi connectivity index (χ3v) is 3.12. The third kappa shape index (κ3) is 3.89. The molecule has 1 aromatic carbocycles. The van der Waals surface area contributed by atoms with Crippen molar-refractivity contribution in [3.05, 3.63) is 30.3 Å². The van der Waals surface area contributed by atoms with Crippen LogP contribution >= 0.6 is 11.8 Å². The number of carbonyl (C=O) groups is 1. The van der Waals surface area contributed by atoms with E-state index in [9.17, 15) is 4.79 Å². The van der Waals surface area contributed by atoms with E-state index in [0.29, 0.717) is 6.42 Å². The molecule has 0 spiro atoms. The van der Waals surface area contributed by atoms with Crippen LogP contribution in [0.4, 0.5) is 5.69 Å². The predicted molar refractivity (Wildman–Crippen MR) is 72.1 cm³/mol. The van der Waals surface area contributed by atoms with Gasteiger partial charge < -0.3 is 4.90 Å². The topological polar surface area (TPSA) is 20.3 Å². The number of para-hydroxylation sites is 1. The largest absolute Gasteiger partial charge is 0.313 e. The van der Waals surface area contributed by atoms with Gasteiger partial charge in [-0.3, -0.25) is 4.79 Å². The fourth-order valence-corrected chi connectivity index (χ4v) is 2.05. The highest BCUT2D eigenvalue weighted by molar-refractivity contribution is 7.98. The number of thioether (sulfide) groups is 1. The summed E-state index contributed by atoms with van der Waals surface area (Å²) in [6.45, 7) is 2.75. The summed E-state index contributed by atoms with van der Waals surface area (Å²) >= 11 is 1.79. The molecule has 0 radical (unpaired) electrons. The lowest BCUT2D eigenvalue weighted by Crippen LogP contribution is -2.30. The van der Waals surface area contributed by atoms with Crippen molar-refractivity contribution in [2.24, 2.45) is 0 Å². The van der Waals surface area contributed by atoms with Crippen LogP contribution in [0.15, 0.2) is 30.3 Å². The predicted octanol–water partition coefficient (Wildman–Crippen LogP) is 3.18. The number of carbonyl (C=O) groups excluding carboxylic acids is 1. The summed E-state index contributed by atoms with van der Waals surface area (Å²) in [5.41, 5.74) is 0.999. The molecule has 0 aliphatic rings. The van der Waals surface area contributed by atoms with Crippen LogP contribution in [0.5, 0.6) is 0 Å². The Morgan fingerprint density at radius 2 is 2.00 bits per heavy atom. The van der Waals surface area contributed by atoms with E-state index >= 15 is 0 Å². The molecule has 0 aliphatic carbocycles. The lowest BCUT2D eigenvalue weighted by Gasteiger charge is -2.20. The van der Waals surface area contributed by atoms with Crippen molar-refractivity contribution in [1.82, 2.24) is 0 Å². The van der Waals surface area contributed by atoms with Crippen LogP contribution in [0.25, 0.3) is 0 Å². The Labute approximate surface area is 102 Å². The van der Waals surface area contributed by atoms with E-state index in [2.05, 4.69) is 6.26 Å². The minimum Gasteiger partial charge on any atom is -0.313 e. The van der Waals surface area contributed by atoms with Gasteiger partial charge in [0.2, 0.25) is 5.91 Å². The fraction of sp³-hybridized carbons (Fsp3) is 0.462. The number of hydrogen-bond donors (Lipinski definition) is 0. The first kappa shape index (κ1) is 13.1. The summed E-state index contributed by atoms with van der Waals surface area (Å²) in [4.78, 5) is 13.8. The van der Waals surface area contributed by atoms with Crippen LogP contribution in [0, 0.1) is 0 Å². The number of hydrogen-bond acceptors (Lipinski definition) is 2. The van der Waals surface area contributed by atoms with Crippen molar-refractivity contribution in [2.75, 3.05) is 23.5 Å². The van der Waals surface area contributed by atoms with E-state index in [-0.39, 0.29) is 5.91 Å². The maximum Gasteiger partial charge on any atom is 0.226 e. The van der Waals surface area contributed by atoms with Gasteiger partial charge in [0.25, 0.3) is 0 Å². The van der Waals surface area contributed by atoms with Gasteiger partial charge in [0, 0.05) is 18.7 Å². The summed E-state index contributed by atoms with van der Waals surface area (Å²) in [6.07, 6.45) is 3.67. The number of nitrogens with zero attached hydrogens (tertiary/aromatic N) is 1. The number of benzene rings is 1. The highest BCUT2D eigenvalue weighted by Crippen LogP contribution is 2.15. The molecule has 2 nitrogen and oxygen atoms in total. The molecule has 0 saturated carbocycles. The van der Waals surface area contributed by atoms with Crippen LogP contribution < -0.4 is 4.90 Å². The van der Waals surface area contributed by atoms with Crippen LogP contribution in [-0.2, 0) is 4.79 Å². The number of rotatable bonds is 6. The lowest BCUT2D eigenvalue weighted by molar-refractivity contribution is -0.118. The summed E-state index contributed by atoms with van der Waals surface area (Å²) in [5, 5.41) is 0. The molecule has 0 bridgehead atoms. The molecule has 0 N–H and O–H groups in total. The first-order chi connectivity index (χ1) is 7.79. The van der Waals surface area contributed by atoms with Gasteiger partial charge in [-0.25, -0.2) is 0 Å². The molecule has 0 unspecified atom stereocenters. The maximum absolute atomic E-state index is 12.0. The maximum atomic E-state index is 12.0. The van der Waals surface area contributed by atoms with Gasteiger partial charge >= 0.3 is 0 Å². The molecule has 3 heteroatoms. The van der Waals surface area contributed by atoms with E-state index in [1.165, 1.54) is 0 Å². The fourth-order valence-electron chi connectivity index (χ4n) is 1.61. The summed E-state index contributed by atoms with van der Waals surface area (Å²) in [7, 11) is 0. The number of amides is 1. The van der Waals surface area contributed by atoms with Crippen LogP contribution in [0.2, 0.25) is 0 Å². The average Bonchev–Trinajstić information content (AvgIpc) is 2.32. The summed E-state index contributed by atoms with van der Waals surface area (Å²) < 4.78 is 0. The van der Waals surface area contributed by atoms with Gasteiger partial charge in [-0.15, -0.1) is 0 Å². The molecule has 0 heterocycles. The van der Waals surface area contributed by atoms with Gasteiger partial charge in [0.05, 0.1) is 0 Å². The molecular formula is C13H19NOS. The first-order valence-electron chi connectivity index (χ1n) is 5.64. The highest BCUT2D eigenvalue weighted by atomic mass is 32.2. The molecule has 0 aromatic heterocycles. The zero-order valence-corrected chi connectivity index (χ0v) is 10.8. The highest BCUT2D eigenvalue weighted by Gasteiger charge is 2.12. The Balaban J connectivity index is 2.57. The molecule has 1 rings (SSSR count). The molecular weight excluding hydrogens is 218 g/mol. The Bertz CT molecular complexity index is 313. The normalized spacial score (nSPS) is 10.1. The van der Waals surface area contributed by atoms with Gasteiger partial charge in [-0.2, -0.15) is 11.8 Å². The SMILES string of the molecule is CCN(C(=O)CCCSC)c1ccccc1. The quantitative estimate of drug-likeness (QED) is 0.708. The van der Waals surface area contributed by atoms with Crippen molar-refractivity contribution in [3.8, 4) is 0 Å². The second-order valence-electron chi connectivity index (χ2n) is 3.57. The monoisotopic (exact) mass is 237 g/mol. The zero-order valence-electron chi connectivity index (χ0n) is 9.98. The lowest BCUT2D eigenvalue weighted by atomic mass is 10.2. The summed E-state index contributed by atoms with van der Waals surface area (Å²) in [6, 6.07) is 9.86. The molecule has 1 amide bonds. The van der Waals surface area contributed by atoms with Crippen LogP contribution in [0.3, 0.4) is 0 Å². The van der Waals surface area contributed by atoms with Crippen LogP contribution in [-0.4, -0.2) is 24.5 Å². The smallest absolute Gasteiger partial charge is 0.226 e. The van der Waals surface area contributed by atoms with Gasteiger partial charge in [-0.1, -0.05) is 18.2 Å². The van der Waals surface area contributed by atoms with Crippen molar-refractivity contribution in [3.63, 3.8) is 0 Å². The Hall–Kier alpha value is -0.960. The van der Waals surface area contributed by atoms with Gasteiger partial charge in [0.15, 0.2) is 0 Å². The van der Waals surface area contributed by atoms with Crippen LogP contribution in [0.1, 0.15) is 19.8 Å². The Kier molecular flexibility index (Phi) is 6.01. The summed E-state index contributed by atoms with van der Waals surface area (Å²) in [5.74, 6) is 1.28. The van der Waals surface area contributed by atoms with Gasteiger partial charge in [0.1, 0.15) is 0 Å². The standard InChI is InChI=1S/C13H19NOS/c1-3-14(12-8-5-4-6-9-12)13(15)10-7-11-16-2/h4-6,8-9H,3,7,10-11H2,1-2H3. The number of anilines is 1. The van der Waals surface area contributed by atoms with Crippen molar-refractivity contribution >= 4 is 23.4 Å². The first-order valence-corrected chi connectivity index (χ1v) is 7.03. The van der Waals surface area contributed by atoms with E-state index in [1.54, 1.807) is 11.8 Å². The zero-order chi connectivity index (χ0) is 11.8. The van der Waals surface area contributed by atoms with Gasteiger partial charge in [-0.05, 0) is 37.5 Å². The van der Waals surface area contributed by atoms with E-state index in [0.717, 1.165) is 24.4 Å². The molecule has 0 atom stereocenters. The van der Waals surface area contributed by atoms with E-state index in [1.807, 2.05) is 42.2 Å². The van der Waals surface area contributed by atoms with Crippen molar-refractivity contribution < 1.29 is 4.79 Å². The molecule has 88 valence electrons. The van der Waals surface area contributed by atoms with E-state index in [4.69, 9.17) is 0 Å². The Morgan fingerprint density at radius 1 is 1.31 bits per heavy atom. The van der Waals surface area contributed by atoms with Crippen molar-refractivity contribution in [1.29, 1.82) is 0 Å². The molecule has 16 heavy (non-hydrogen) atoms. The molecule has 0 aliphatic heterocycles. The molecule has 1 aromatic rings. The average molecular weight is 237 g/mol. The molecule has 0 fully saturated rings. The second-order valence-corrected chi connectivity index (χ2v) is 4.56. The second kappa shape index (κ2) is 7.34.